The van der Waals surface area contributed by atoms with Crippen LogP contribution in [0.15, 0.2) is 97.1 Å². The van der Waals surface area contributed by atoms with Crippen LogP contribution in [-0.2, 0) is 12.3 Å². The molecule has 0 bridgehead atoms. The molecule has 5 aromatic rings. The summed E-state index contributed by atoms with van der Waals surface area (Å²) in [4.78, 5) is 38.8. The van der Waals surface area contributed by atoms with Crippen molar-refractivity contribution in [3.63, 3.8) is 0 Å². The molecule has 9 heteroatoms. The number of nitrogens with one attached hydrogen (secondary N) is 2. The normalized spacial score (nSPS) is 18.6. The van der Waals surface area contributed by atoms with Crippen LogP contribution < -0.4 is 5.32 Å². The molecule has 4 aromatic carbocycles. The molecule has 1 aromatic heterocycles. The standard InChI is InChI=1S/C37H37N5O4/c43-33-17-7-5-14-28(33)35(44)38-20-10-16-32(41-21-8-9-22-41)34-39-30-19-18-26(23-31(30)40-34)37(46)29-15-6-4-13-27(29)36(45)42(37)24-25-11-2-1-3-12-25/h1-7,11-15,17-19,23,32,43,46H,8-10,16,20-22,24H2,(H,38,44)(H,39,40). The number of aliphatic hydroxyl groups is 1. The molecular formula is C37H37N5O4. The first-order chi connectivity index (χ1) is 22.4. The topological polar surface area (TPSA) is 122 Å². The second kappa shape index (κ2) is 12.4. The van der Waals surface area contributed by atoms with Crippen molar-refractivity contribution in [2.75, 3.05) is 19.6 Å². The van der Waals surface area contributed by atoms with Gasteiger partial charge in [-0.2, -0.15) is 0 Å². The molecule has 3 heterocycles. The highest BCUT2D eigenvalue weighted by Crippen LogP contribution is 2.44. The minimum atomic E-state index is -1.65. The molecule has 2 atom stereocenters. The number of aromatic hydroxyl groups is 1. The van der Waals surface area contributed by atoms with Crippen molar-refractivity contribution < 1.29 is 19.8 Å². The van der Waals surface area contributed by atoms with Crippen LogP contribution in [0.3, 0.4) is 0 Å². The molecule has 9 nitrogen and oxygen atoms in total. The van der Waals surface area contributed by atoms with Gasteiger partial charge in [0, 0.05) is 29.8 Å². The Morgan fingerprint density at radius 3 is 2.50 bits per heavy atom. The molecule has 0 radical (unpaired) electrons. The first-order valence-electron chi connectivity index (χ1n) is 15.9. The van der Waals surface area contributed by atoms with Gasteiger partial charge in [-0.15, -0.1) is 0 Å². The predicted molar refractivity (Wildman–Crippen MR) is 175 cm³/mol. The highest BCUT2D eigenvalue weighted by Gasteiger charge is 2.49. The number of likely N-dealkylation sites (tertiary alicyclic amines) is 1. The summed E-state index contributed by atoms with van der Waals surface area (Å²) in [5.41, 5.74) is 2.77. The van der Waals surface area contributed by atoms with Crippen LogP contribution in [0.1, 0.15) is 75.0 Å². The van der Waals surface area contributed by atoms with Gasteiger partial charge in [-0.05, 0) is 74.7 Å². The molecule has 7 rings (SSSR count). The zero-order valence-electron chi connectivity index (χ0n) is 25.5. The fraction of sp³-hybridized carbons (Fsp3) is 0.270. The Morgan fingerprint density at radius 2 is 1.70 bits per heavy atom. The lowest BCUT2D eigenvalue weighted by Crippen LogP contribution is -2.44. The van der Waals surface area contributed by atoms with Gasteiger partial charge >= 0.3 is 0 Å². The van der Waals surface area contributed by atoms with Gasteiger partial charge in [-0.25, -0.2) is 4.98 Å². The average molecular weight is 616 g/mol. The number of amides is 2. The summed E-state index contributed by atoms with van der Waals surface area (Å²) in [6, 6.07) is 29.2. The number of aromatic nitrogens is 2. The predicted octanol–water partition coefficient (Wildman–Crippen LogP) is 5.47. The summed E-state index contributed by atoms with van der Waals surface area (Å²) in [5.74, 6) is 0.307. The van der Waals surface area contributed by atoms with Crippen LogP contribution in [-0.4, -0.2) is 61.4 Å². The number of fused-ring (bicyclic) bond motifs is 2. The fourth-order valence-corrected chi connectivity index (χ4v) is 6.88. The van der Waals surface area contributed by atoms with Gasteiger partial charge in [0.15, 0.2) is 5.72 Å². The summed E-state index contributed by atoms with van der Waals surface area (Å²) < 4.78 is 0. The molecule has 0 aliphatic carbocycles. The van der Waals surface area contributed by atoms with Crippen LogP contribution in [0.4, 0.5) is 0 Å². The Labute approximate surface area is 267 Å². The van der Waals surface area contributed by atoms with E-state index in [9.17, 15) is 19.8 Å². The van der Waals surface area contributed by atoms with Gasteiger partial charge in [-0.1, -0.05) is 66.7 Å². The molecule has 2 unspecified atom stereocenters. The molecule has 2 aliphatic rings. The molecule has 46 heavy (non-hydrogen) atoms. The zero-order chi connectivity index (χ0) is 31.7. The first kappa shape index (κ1) is 29.7. The number of para-hydroxylation sites is 1. The fourth-order valence-electron chi connectivity index (χ4n) is 6.88. The summed E-state index contributed by atoms with van der Waals surface area (Å²) in [6.07, 6.45) is 3.77. The third kappa shape index (κ3) is 5.42. The van der Waals surface area contributed by atoms with Crippen LogP contribution in [0.5, 0.6) is 5.75 Å². The molecule has 4 N–H and O–H groups in total. The number of benzene rings is 4. The van der Waals surface area contributed by atoms with Gasteiger partial charge in [0.25, 0.3) is 11.8 Å². The van der Waals surface area contributed by atoms with Crippen molar-refractivity contribution >= 4 is 22.8 Å². The molecule has 0 saturated carbocycles. The third-order valence-corrected chi connectivity index (χ3v) is 9.24. The number of hydrogen-bond acceptors (Lipinski definition) is 6. The molecule has 0 spiro atoms. The van der Waals surface area contributed by atoms with E-state index in [4.69, 9.17) is 4.98 Å². The molecule has 234 valence electrons. The molecule has 2 amide bonds. The van der Waals surface area contributed by atoms with E-state index in [0.29, 0.717) is 23.2 Å². The van der Waals surface area contributed by atoms with Crippen molar-refractivity contribution in [1.82, 2.24) is 25.1 Å². The van der Waals surface area contributed by atoms with Crippen molar-refractivity contribution in [2.24, 2.45) is 0 Å². The molecular weight excluding hydrogens is 578 g/mol. The van der Waals surface area contributed by atoms with Gasteiger partial charge in [-0.3, -0.25) is 19.4 Å². The number of carbonyl (C=O) groups is 2. The van der Waals surface area contributed by atoms with E-state index < -0.39 is 5.72 Å². The molecule has 1 fully saturated rings. The second-order valence-electron chi connectivity index (χ2n) is 12.1. The average Bonchev–Trinajstić information content (AvgIpc) is 3.81. The number of imidazole rings is 1. The monoisotopic (exact) mass is 615 g/mol. The number of aromatic amines is 1. The van der Waals surface area contributed by atoms with Gasteiger partial charge in [0.2, 0.25) is 0 Å². The molecule has 1 saturated heterocycles. The number of rotatable bonds is 10. The smallest absolute Gasteiger partial charge is 0.257 e. The SMILES string of the molecule is O=C(NCCCC(c1nc2ccc(C3(O)c4ccccc4C(=O)N3Cc3ccccc3)cc2[nH]1)N1CCCC1)c1ccccc1O. The Morgan fingerprint density at radius 1 is 0.957 bits per heavy atom. The van der Waals surface area contributed by atoms with E-state index >= 15 is 0 Å². The summed E-state index contributed by atoms with van der Waals surface area (Å²) in [7, 11) is 0. The van der Waals surface area contributed by atoms with Crippen molar-refractivity contribution in [3.8, 4) is 5.75 Å². The van der Waals surface area contributed by atoms with Crippen molar-refractivity contribution in [3.05, 3.63) is 131 Å². The number of phenolic OH excluding ortho intramolecular Hbond substituents is 1. The minimum absolute atomic E-state index is 0.0325. The van der Waals surface area contributed by atoms with E-state index in [1.54, 1.807) is 29.2 Å². The van der Waals surface area contributed by atoms with Crippen LogP contribution in [0.2, 0.25) is 0 Å². The van der Waals surface area contributed by atoms with E-state index in [1.165, 1.54) is 6.07 Å². The lowest BCUT2D eigenvalue weighted by Gasteiger charge is -2.35. The van der Waals surface area contributed by atoms with E-state index in [2.05, 4.69) is 15.2 Å². The van der Waals surface area contributed by atoms with Gasteiger partial charge in [0.05, 0.1) is 22.6 Å². The Hall–Kier alpha value is -4.99. The third-order valence-electron chi connectivity index (χ3n) is 9.24. The van der Waals surface area contributed by atoms with E-state index in [-0.39, 0.29) is 35.7 Å². The highest BCUT2D eigenvalue weighted by atomic mass is 16.3. The first-order valence-corrected chi connectivity index (χ1v) is 15.9. The summed E-state index contributed by atoms with van der Waals surface area (Å²) in [6.45, 7) is 2.68. The molecule has 2 aliphatic heterocycles. The van der Waals surface area contributed by atoms with Gasteiger partial charge < -0.3 is 20.5 Å². The number of carbonyl (C=O) groups excluding carboxylic acids is 2. The summed E-state index contributed by atoms with van der Waals surface area (Å²) in [5, 5.41) is 25.4. The van der Waals surface area contributed by atoms with E-state index in [0.717, 1.165) is 61.2 Å². The Kier molecular flexibility index (Phi) is 8.02. The number of nitrogens with zero attached hydrogens (tertiary/aromatic N) is 3. The Balaban J connectivity index is 1.15. The second-order valence-corrected chi connectivity index (χ2v) is 12.1. The minimum Gasteiger partial charge on any atom is -0.507 e. The maximum atomic E-state index is 13.7. The number of H-pyrrole nitrogens is 1. The van der Waals surface area contributed by atoms with Gasteiger partial charge in [0.1, 0.15) is 11.6 Å². The lowest BCUT2D eigenvalue weighted by atomic mass is 9.93. The lowest BCUT2D eigenvalue weighted by molar-refractivity contribution is -0.0542. The number of hydrogen-bond donors (Lipinski definition) is 4. The summed E-state index contributed by atoms with van der Waals surface area (Å²) >= 11 is 0. The van der Waals surface area contributed by atoms with Crippen molar-refractivity contribution in [1.29, 1.82) is 0 Å². The Bertz CT molecular complexity index is 1880. The maximum absolute atomic E-state index is 13.7. The maximum Gasteiger partial charge on any atom is 0.257 e. The van der Waals surface area contributed by atoms with E-state index in [1.807, 2.05) is 66.7 Å². The largest absolute Gasteiger partial charge is 0.507 e. The zero-order valence-corrected chi connectivity index (χ0v) is 25.5. The van der Waals surface area contributed by atoms with Crippen molar-refractivity contribution in [2.45, 2.75) is 44.0 Å². The quantitative estimate of drug-likeness (QED) is 0.155. The van der Waals surface area contributed by atoms with Crippen LogP contribution in [0.25, 0.3) is 11.0 Å². The van der Waals surface area contributed by atoms with Crippen LogP contribution >= 0.6 is 0 Å². The van der Waals surface area contributed by atoms with Crippen LogP contribution in [0, 0.1) is 0 Å². The highest BCUT2D eigenvalue weighted by molar-refractivity contribution is 6.00. The number of phenols is 1.